The maximum absolute atomic E-state index is 12.8. The first-order valence-corrected chi connectivity index (χ1v) is 7.66. The number of hydrogen-bond donors (Lipinski definition) is 0. The number of hydrogen-bond acceptors (Lipinski definition) is 3. The van der Waals surface area contributed by atoms with E-state index in [-0.39, 0.29) is 18.1 Å². The van der Waals surface area contributed by atoms with E-state index in [9.17, 15) is 12.8 Å². The summed E-state index contributed by atoms with van der Waals surface area (Å²) in [6.45, 7) is 0.284. The van der Waals surface area contributed by atoms with Crippen LogP contribution in [0.3, 0.4) is 0 Å². The molecule has 2 rings (SSSR count). The summed E-state index contributed by atoms with van der Waals surface area (Å²) in [6, 6.07) is 9.01. The minimum atomic E-state index is -3.43. The molecule has 1 heterocycles. The van der Waals surface area contributed by atoms with Crippen LogP contribution >= 0.6 is 0 Å². The fourth-order valence-corrected chi connectivity index (χ4v) is 2.92. The predicted octanol–water partition coefficient (Wildman–Crippen LogP) is 2.18. The van der Waals surface area contributed by atoms with Crippen molar-refractivity contribution in [3.63, 3.8) is 0 Å². The molecule has 0 saturated carbocycles. The first-order chi connectivity index (χ1) is 9.47. The Morgan fingerprint density at radius 2 is 1.65 bits per heavy atom. The highest BCUT2D eigenvalue weighted by atomic mass is 32.2. The fourth-order valence-electron chi connectivity index (χ4n) is 1.75. The van der Waals surface area contributed by atoms with Gasteiger partial charge in [-0.3, -0.25) is 4.98 Å². The SMILES string of the molecule is CN(Cc1ccncc1)S(=O)(=O)Cc1ccc(F)cc1. The molecular formula is C14H15FN2O2S. The van der Waals surface area contributed by atoms with Crippen LogP contribution in [0.4, 0.5) is 4.39 Å². The van der Waals surface area contributed by atoms with Gasteiger partial charge in [-0.25, -0.2) is 17.1 Å². The molecule has 0 radical (unpaired) electrons. The summed E-state index contributed by atoms with van der Waals surface area (Å²) in [7, 11) is -1.91. The molecular weight excluding hydrogens is 279 g/mol. The van der Waals surface area contributed by atoms with Gasteiger partial charge in [0.1, 0.15) is 5.82 Å². The van der Waals surface area contributed by atoms with Crippen molar-refractivity contribution in [2.24, 2.45) is 0 Å². The van der Waals surface area contributed by atoms with Gasteiger partial charge in [-0.2, -0.15) is 0 Å². The molecule has 0 atom stereocenters. The topological polar surface area (TPSA) is 50.3 Å². The molecule has 0 spiro atoms. The molecule has 0 unspecified atom stereocenters. The van der Waals surface area contributed by atoms with Gasteiger partial charge in [0.15, 0.2) is 0 Å². The van der Waals surface area contributed by atoms with Crippen LogP contribution in [0.5, 0.6) is 0 Å². The Kier molecular flexibility index (Phi) is 4.46. The van der Waals surface area contributed by atoms with Crippen LogP contribution in [0, 0.1) is 5.82 Å². The van der Waals surface area contributed by atoms with E-state index in [0.29, 0.717) is 5.56 Å². The van der Waals surface area contributed by atoms with Crippen LogP contribution in [0.15, 0.2) is 48.8 Å². The van der Waals surface area contributed by atoms with E-state index in [2.05, 4.69) is 4.98 Å². The number of sulfonamides is 1. The van der Waals surface area contributed by atoms with Gasteiger partial charge >= 0.3 is 0 Å². The molecule has 1 aromatic carbocycles. The van der Waals surface area contributed by atoms with E-state index in [0.717, 1.165) is 5.56 Å². The highest BCUT2D eigenvalue weighted by Crippen LogP contribution is 2.13. The van der Waals surface area contributed by atoms with Gasteiger partial charge in [-0.1, -0.05) is 12.1 Å². The minimum Gasteiger partial charge on any atom is -0.265 e. The van der Waals surface area contributed by atoms with E-state index in [1.165, 1.54) is 35.6 Å². The summed E-state index contributed by atoms with van der Waals surface area (Å²) in [5, 5.41) is 0. The summed E-state index contributed by atoms with van der Waals surface area (Å²) >= 11 is 0. The molecule has 0 amide bonds. The normalized spacial score (nSPS) is 11.8. The lowest BCUT2D eigenvalue weighted by Crippen LogP contribution is -2.27. The molecule has 0 N–H and O–H groups in total. The lowest BCUT2D eigenvalue weighted by Gasteiger charge is -2.17. The Morgan fingerprint density at radius 3 is 2.25 bits per heavy atom. The third kappa shape index (κ3) is 3.85. The maximum atomic E-state index is 12.8. The summed E-state index contributed by atoms with van der Waals surface area (Å²) in [4.78, 5) is 3.89. The minimum absolute atomic E-state index is 0.144. The van der Waals surface area contributed by atoms with E-state index in [1.807, 2.05) is 0 Å². The standard InChI is InChI=1S/C14H15FN2O2S/c1-17(10-12-6-8-16-9-7-12)20(18,19)11-13-2-4-14(15)5-3-13/h2-9H,10-11H2,1H3. The molecule has 0 aliphatic heterocycles. The van der Waals surface area contributed by atoms with Crippen LogP contribution in [-0.4, -0.2) is 24.8 Å². The number of pyridine rings is 1. The molecule has 4 nitrogen and oxygen atoms in total. The number of nitrogens with zero attached hydrogens (tertiary/aromatic N) is 2. The van der Waals surface area contributed by atoms with Crippen LogP contribution in [-0.2, 0) is 22.3 Å². The number of aromatic nitrogens is 1. The zero-order valence-corrected chi connectivity index (χ0v) is 11.8. The van der Waals surface area contributed by atoms with Gasteiger partial charge in [0.2, 0.25) is 10.0 Å². The van der Waals surface area contributed by atoms with Crippen molar-refractivity contribution in [2.75, 3.05) is 7.05 Å². The van der Waals surface area contributed by atoms with Crippen LogP contribution < -0.4 is 0 Å². The lowest BCUT2D eigenvalue weighted by molar-refractivity contribution is 0.465. The van der Waals surface area contributed by atoms with Crippen molar-refractivity contribution < 1.29 is 12.8 Å². The van der Waals surface area contributed by atoms with Crippen molar-refractivity contribution in [3.8, 4) is 0 Å². The second kappa shape index (κ2) is 6.11. The Labute approximate surface area is 117 Å². The molecule has 2 aromatic rings. The average molecular weight is 294 g/mol. The van der Waals surface area contributed by atoms with Gasteiger partial charge in [-0.15, -0.1) is 0 Å². The molecule has 0 aliphatic carbocycles. The van der Waals surface area contributed by atoms with E-state index >= 15 is 0 Å². The quantitative estimate of drug-likeness (QED) is 0.849. The van der Waals surface area contributed by atoms with Crippen molar-refractivity contribution >= 4 is 10.0 Å². The van der Waals surface area contributed by atoms with E-state index < -0.39 is 10.0 Å². The van der Waals surface area contributed by atoms with Crippen molar-refractivity contribution in [1.82, 2.24) is 9.29 Å². The highest BCUT2D eigenvalue weighted by molar-refractivity contribution is 7.88. The van der Waals surface area contributed by atoms with Gasteiger partial charge in [0.05, 0.1) is 5.75 Å². The number of rotatable bonds is 5. The Hall–Kier alpha value is -1.79. The Balaban J connectivity index is 2.08. The number of benzene rings is 1. The smallest absolute Gasteiger partial charge is 0.218 e. The third-order valence-corrected chi connectivity index (χ3v) is 4.67. The largest absolute Gasteiger partial charge is 0.265 e. The summed E-state index contributed by atoms with van der Waals surface area (Å²) < 4.78 is 38.5. The Bertz CT molecular complexity index is 657. The summed E-state index contributed by atoms with van der Waals surface area (Å²) in [5.41, 5.74) is 1.43. The molecule has 0 saturated heterocycles. The molecule has 1 aromatic heterocycles. The fraction of sp³-hybridized carbons (Fsp3) is 0.214. The maximum Gasteiger partial charge on any atom is 0.218 e. The van der Waals surface area contributed by atoms with Crippen LogP contribution in [0.2, 0.25) is 0 Å². The van der Waals surface area contributed by atoms with Crippen molar-refractivity contribution in [1.29, 1.82) is 0 Å². The first-order valence-electron chi connectivity index (χ1n) is 6.05. The van der Waals surface area contributed by atoms with Crippen molar-refractivity contribution in [2.45, 2.75) is 12.3 Å². The number of halogens is 1. The predicted molar refractivity (Wildman–Crippen MR) is 74.7 cm³/mol. The highest BCUT2D eigenvalue weighted by Gasteiger charge is 2.18. The molecule has 0 bridgehead atoms. The third-order valence-electron chi connectivity index (χ3n) is 2.89. The lowest BCUT2D eigenvalue weighted by atomic mass is 10.2. The van der Waals surface area contributed by atoms with Crippen LogP contribution in [0.25, 0.3) is 0 Å². The van der Waals surface area contributed by atoms with Crippen molar-refractivity contribution in [3.05, 3.63) is 65.7 Å². The van der Waals surface area contributed by atoms with Gasteiger partial charge < -0.3 is 0 Å². The summed E-state index contributed by atoms with van der Waals surface area (Å²) in [6.07, 6.45) is 3.24. The average Bonchev–Trinajstić information content (AvgIpc) is 2.42. The summed E-state index contributed by atoms with van der Waals surface area (Å²) in [5.74, 6) is -0.522. The zero-order chi connectivity index (χ0) is 14.6. The van der Waals surface area contributed by atoms with E-state index in [4.69, 9.17) is 0 Å². The molecule has 0 aliphatic rings. The van der Waals surface area contributed by atoms with Gasteiger partial charge in [0, 0.05) is 26.0 Å². The molecule has 20 heavy (non-hydrogen) atoms. The zero-order valence-electron chi connectivity index (χ0n) is 11.0. The first kappa shape index (κ1) is 14.6. The Morgan fingerprint density at radius 1 is 1.05 bits per heavy atom. The molecule has 6 heteroatoms. The second-order valence-corrected chi connectivity index (χ2v) is 6.57. The monoisotopic (exact) mass is 294 g/mol. The van der Waals surface area contributed by atoms with Crippen LogP contribution in [0.1, 0.15) is 11.1 Å². The second-order valence-electron chi connectivity index (χ2n) is 4.49. The van der Waals surface area contributed by atoms with Gasteiger partial charge in [-0.05, 0) is 35.4 Å². The molecule has 0 fully saturated rings. The molecule has 106 valence electrons. The van der Waals surface area contributed by atoms with E-state index in [1.54, 1.807) is 24.5 Å². The van der Waals surface area contributed by atoms with Gasteiger partial charge in [0.25, 0.3) is 0 Å².